The number of carbonyl (C=O) groups excluding carboxylic acids is 1. The van der Waals surface area contributed by atoms with Crippen LogP contribution in [0, 0.1) is 0 Å². The highest BCUT2D eigenvalue weighted by molar-refractivity contribution is 6.30. The van der Waals surface area contributed by atoms with Gasteiger partial charge in [-0.1, -0.05) is 11.6 Å². The van der Waals surface area contributed by atoms with E-state index < -0.39 is 18.0 Å². The van der Waals surface area contributed by atoms with E-state index in [0.29, 0.717) is 0 Å². The predicted octanol–water partition coefficient (Wildman–Crippen LogP) is 2.31. The van der Waals surface area contributed by atoms with E-state index in [2.05, 4.69) is 4.98 Å². The fourth-order valence-corrected chi connectivity index (χ4v) is 1.61. The molecule has 7 heteroatoms. The third kappa shape index (κ3) is 2.89. The van der Waals surface area contributed by atoms with Gasteiger partial charge in [0, 0.05) is 12.7 Å². The quantitative estimate of drug-likeness (QED) is 0.669. The monoisotopic (exact) mass is 264 g/mol. The minimum atomic E-state index is -2.84. The zero-order valence-electron chi connectivity index (χ0n) is 9.04. The number of hydrogen-bond acceptors (Lipinski definition) is 4. The number of esters is 1. The Morgan fingerprint density at radius 1 is 1.65 bits per heavy atom. The molecule has 0 unspecified atom stereocenters. The van der Waals surface area contributed by atoms with Crippen LogP contribution in [0.5, 0.6) is 0 Å². The highest BCUT2D eigenvalue weighted by Gasteiger charge is 2.23. The minimum Gasteiger partial charge on any atom is -0.462 e. The van der Waals surface area contributed by atoms with E-state index in [1.165, 1.54) is 0 Å². The third-order valence-corrected chi connectivity index (χ3v) is 2.40. The molecule has 2 N–H and O–H groups in total. The second-order valence-electron chi connectivity index (χ2n) is 3.08. The molecule has 1 aromatic rings. The van der Waals surface area contributed by atoms with Crippen molar-refractivity contribution < 1.29 is 18.3 Å². The van der Waals surface area contributed by atoms with Crippen LogP contribution in [0.2, 0.25) is 5.15 Å². The van der Waals surface area contributed by atoms with Crippen molar-refractivity contribution in [3.63, 3.8) is 0 Å². The van der Waals surface area contributed by atoms with Crippen molar-refractivity contribution in [1.82, 2.24) is 4.98 Å². The molecule has 1 rings (SSSR count). The molecule has 1 heterocycles. The van der Waals surface area contributed by atoms with Gasteiger partial charge in [0.15, 0.2) is 0 Å². The number of carbonyl (C=O) groups is 1. The molecule has 0 saturated carbocycles. The Labute approximate surface area is 102 Å². The summed E-state index contributed by atoms with van der Waals surface area (Å²) < 4.78 is 30.3. The summed E-state index contributed by atoms with van der Waals surface area (Å²) in [6.45, 7) is 1.50. The summed E-state index contributed by atoms with van der Waals surface area (Å²) in [7, 11) is 0. The molecule has 0 radical (unpaired) electrons. The number of nitrogens with two attached hydrogens (primary N) is 1. The molecule has 0 bridgehead atoms. The summed E-state index contributed by atoms with van der Waals surface area (Å²) in [5, 5.41) is -0.353. The fraction of sp³-hybridized carbons (Fsp3) is 0.400. The third-order valence-electron chi connectivity index (χ3n) is 2.10. The SMILES string of the molecule is CCOC(=O)c1cnc(Cl)c(C(F)F)c1CN. The first-order chi connectivity index (χ1) is 8.02. The lowest BCUT2D eigenvalue weighted by Gasteiger charge is -2.12. The van der Waals surface area contributed by atoms with E-state index >= 15 is 0 Å². The molecule has 0 atom stereocenters. The smallest absolute Gasteiger partial charge is 0.340 e. The number of hydrogen-bond donors (Lipinski definition) is 1. The lowest BCUT2D eigenvalue weighted by atomic mass is 10.0. The van der Waals surface area contributed by atoms with Crippen LogP contribution in [-0.4, -0.2) is 17.6 Å². The van der Waals surface area contributed by atoms with Gasteiger partial charge in [-0.2, -0.15) is 0 Å². The first-order valence-corrected chi connectivity index (χ1v) is 5.23. The van der Waals surface area contributed by atoms with Gasteiger partial charge in [0.2, 0.25) is 0 Å². The highest BCUT2D eigenvalue weighted by Crippen LogP contribution is 2.30. The second-order valence-corrected chi connectivity index (χ2v) is 3.44. The average molecular weight is 265 g/mol. The topological polar surface area (TPSA) is 65.2 Å². The van der Waals surface area contributed by atoms with Crippen LogP contribution < -0.4 is 5.73 Å². The lowest BCUT2D eigenvalue weighted by Crippen LogP contribution is -2.14. The van der Waals surface area contributed by atoms with E-state index in [1.54, 1.807) is 6.92 Å². The van der Waals surface area contributed by atoms with Crippen LogP contribution >= 0.6 is 11.6 Å². The molecule has 94 valence electrons. The number of alkyl halides is 2. The molecule has 17 heavy (non-hydrogen) atoms. The summed E-state index contributed by atoms with van der Waals surface area (Å²) in [4.78, 5) is 15.0. The zero-order valence-corrected chi connectivity index (χ0v) is 9.80. The van der Waals surface area contributed by atoms with Crippen molar-refractivity contribution in [1.29, 1.82) is 0 Å². The standard InChI is InChI=1S/C10H11ClF2N2O2/c1-2-17-10(16)6-4-15-8(11)7(9(12)13)5(6)3-14/h4,9H,2-3,14H2,1H3. The van der Waals surface area contributed by atoms with Crippen LogP contribution in [0.25, 0.3) is 0 Å². The number of pyridine rings is 1. The van der Waals surface area contributed by atoms with Crippen LogP contribution in [0.3, 0.4) is 0 Å². The number of nitrogens with zero attached hydrogens (tertiary/aromatic N) is 1. The Hall–Kier alpha value is -1.27. The Morgan fingerprint density at radius 2 is 2.29 bits per heavy atom. The summed E-state index contributed by atoms with van der Waals surface area (Å²) in [5.41, 5.74) is 4.75. The Morgan fingerprint density at radius 3 is 2.76 bits per heavy atom. The molecular weight excluding hydrogens is 254 g/mol. The lowest BCUT2D eigenvalue weighted by molar-refractivity contribution is 0.0524. The van der Waals surface area contributed by atoms with Gasteiger partial charge < -0.3 is 10.5 Å². The molecule has 4 nitrogen and oxygen atoms in total. The van der Waals surface area contributed by atoms with Crippen molar-refractivity contribution in [2.24, 2.45) is 5.73 Å². The largest absolute Gasteiger partial charge is 0.462 e. The Balaban J connectivity index is 3.32. The maximum atomic E-state index is 12.8. The van der Waals surface area contributed by atoms with Crippen molar-refractivity contribution in [3.05, 3.63) is 28.0 Å². The molecule has 0 amide bonds. The number of rotatable bonds is 4. The molecule has 0 aliphatic rings. The van der Waals surface area contributed by atoms with Gasteiger partial charge in [-0.05, 0) is 12.5 Å². The van der Waals surface area contributed by atoms with Crippen molar-refractivity contribution in [3.8, 4) is 0 Å². The normalized spacial score (nSPS) is 10.7. The molecule has 0 saturated heterocycles. The maximum absolute atomic E-state index is 12.8. The minimum absolute atomic E-state index is 0.0292. The Bertz CT molecular complexity index is 427. The van der Waals surface area contributed by atoms with Gasteiger partial charge >= 0.3 is 5.97 Å². The molecule has 0 fully saturated rings. The van der Waals surface area contributed by atoms with Crippen molar-refractivity contribution in [2.75, 3.05) is 6.61 Å². The average Bonchev–Trinajstić information content (AvgIpc) is 2.27. The van der Waals surface area contributed by atoms with Gasteiger partial charge in [0.1, 0.15) is 5.15 Å². The highest BCUT2D eigenvalue weighted by atomic mass is 35.5. The van der Waals surface area contributed by atoms with Crippen LogP contribution in [0.15, 0.2) is 6.20 Å². The van der Waals surface area contributed by atoms with Gasteiger partial charge in [0.25, 0.3) is 6.43 Å². The van der Waals surface area contributed by atoms with Crippen LogP contribution in [0.1, 0.15) is 34.8 Å². The maximum Gasteiger partial charge on any atom is 0.340 e. The molecule has 1 aromatic heterocycles. The molecule has 0 aliphatic heterocycles. The van der Waals surface area contributed by atoms with Crippen molar-refractivity contribution in [2.45, 2.75) is 19.9 Å². The first-order valence-electron chi connectivity index (χ1n) is 4.85. The summed E-state index contributed by atoms with van der Waals surface area (Å²) >= 11 is 5.56. The summed E-state index contributed by atoms with van der Waals surface area (Å²) in [6, 6.07) is 0. The van der Waals surface area contributed by atoms with Crippen LogP contribution in [0.4, 0.5) is 8.78 Å². The number of ether oxygens (including phenoxy) is 1. The van der Waals surface area contributed by atoms with E-state index in [0.717, 1.165) is 6.20 Å². The van der Waals surface area contributed by atoms with Crippen molar-refractivity contribution >= 4 is 17.6 Å². The Kier molecular flexibility index (Phi) is 4.77. The molecule has 0 spiro atoms. The first kappa shape index (κ1) is 13.8. The van der Waals surface area contributed by atoms with E-state index in [9.17, 15) is 13.6 Å². The molecular formula is C10H11ClF2N2O2. The van der Waals surface area contributed by atoms with E-state index in [-0.39, 0.29) is 29.4 Å². The zero-order chi connectivity index (χ0) is 13.0. The van der Waals surface area contributed by atoms with E-state index in [1.807, 2.05) is 0 Å². The van der Waals surface area contributed by atoms with Crippen LogP contribution in [-0.2, 0) is 11.3 Å². The molecule has 0 aliphatic carbocycles. The molecule has 0 aromatic carbocycles. The van der Waals surface area contributed by atoms with Gasteiger partial charge in [-0.25, -0.2) is 18.6 Å². The fourth-order valence-electron chi connectivity index (χ4n) is 1.36. The van der Waals surface area contributed by atoms with Gasteiger partial charge in [0.05, 0.1) is 17.7 Å². The van der Waals surface area contributed by atoms with E-state index in [4.69, 9.17) is 22.1 Å². The number of aromatic nitrogens is 1. The predicted molar refractivity (Wildman–Crippen MR) is 58.1 cm³/mol. The van der Waals surface area contributed by atoms with Gasteiger partial charge in [-0.15, -0.1) is 0 Å². The number of halogens is 3. The van der Waals surface area contributed by atoms with Gasteiger partial charge in [-0.3, -0.25) is 0 Å². The summed E-state index contributed by atoms with van der Waals surface area (Å²) in [5.74, 6) is -0.737. The second kappa shape index (κ2) is 5.88. The summed E-state index contributed by atoms with van der Waals surface area (Å²) in [6.07, 6.45) is -1.75.